The first-order valence-electron chi connectivity index (χ1n) is 8.64. The van der Waals surface area contributed by atoms with Crippen LogP contribution in [0.2, 0.25) is 0 Å². The summed E-state index contributed by atoms with van der Waals surface area (Å²) in [4.78, 5) is 16.0. The summed E-state index contributed by atoms with van der Waals surface area (Å²) in [6.45, 7) is 9.69. The van der Waals surface area contributed by atoms with E-state index in [1.807, 2.05) is 32.9 Å². The van der Waals surface area contributed by atoms with Gasteiger partial charge in [0, 0.05) is 32.1 Å². The molecule has 0 atom stereocenters. The van der Waals surface area contributed by atoms with Gasteiger partial charge in [-0.3, -0.25) is 9.79 Å². The van der Waals surface area contributed by atoms with E-state index >= 15 is 0 Å². The predicted octanol–water partition coefficient (Wildman–Crippen LogP) is 2.49. The van der Waals surface area contributed by atoms with Crippen LogP contribution in [0.3, 0.4) is 0 Å². The zero-order chi connectivity index (χ0) is 18.9. The molecule has 7 heteroatoms. The van der Waals surface area contributed by atoms with Gasteiger partial charge in [-0.15, -0.1) is 24.0 Å². The molecule has 148 valence electrons. The molecule has 1 rings (SSSR count). The molecule has 0 spiro atoms. The van der Waals surface area contributed by atoms with E-state index in [0.717, 1.165) is 24.7 Å². The lowest BCUT2D eigenvalue weighted by atomic mass is 9.96. The number of methoxy groups -OCH3 is 1. The van der Waals surface area contributed by atoms with Crippen LogP contribution in [-0.4, -0.2) is 45.7 Å². The first-order valence-corrected chi connectivity index (χ1v) is 8.64. The number of amides is 1. The van der Waals surface area contributed by atoms with Gasteiger partial charge >= 0.3 is 0 Å². The average Bonchev–Trinajstić information content (AvgIpc) is 2.56. The number of aliphatic imine (C=N–C) groups is 1. The molecule has 3 N–H and O–H groups in total. The van der Waals surface area contributed by atoms with E-state index in [1.54, 1.807) is 14.2 Å². The lowest BCUT2D eigenvalue weighted by molar-refractivity contribution is -0.128. The second-order valence-corrected chi connectivity index (χ2v) is 7.00. The normalized spacial score (nSPS) is 11.4. The maximum atomic E-state index is 11.8. The van der Waals surface area contributed by atoms with E-state index in [0.29, 0.717) is 13.1 Å². The number of rotatable bonds is 7. The Morgan fingerprint density at radius 3 is 2.31 bits per heavy atom. The Labute approximate surface area is 174 Å². The molecular formula is C19H33IN4O2. The summed E-state index contributed by atoms with van der Waals surface area (Å²) in [7, 11) is 3.42. The van der Waals surface area contributed by atoms with Crippen molar-refractivity contribution in [3.8, 4) is 5.75 Å². The molecule has 0 fully saturated rings. The lowest BCUT2D eigenvalue weighted by Crippen LogP contribution is -2.43. The first-order chi connectivity index (χ1) is 11.8. The third-order valence-corrected chi connectivity index (χ3v) is 3.73. The van der Waals surface area contributed by atoms with Gasteiger partial charge in [-0.2, -0.15) is 0 Å². The van der Waals surface area contributed by atoms with Gasteiger partial charge in [0.15, 0.2) is 5.96 Å². The maximum Gasteiger partial charge on any atom is 0.225 e. The predicted molar refractivity (Wildman–Crippen MR) is 119 cm³/mol. The van der Waals surface area contributed by atoms with Gasteiger partial charge < -0.3 is 20.7 Å². The molecule has 0 bridgehead atoms. The summed E-state index contributed by atoms with van der Waals surface area (Å²) in [5.41, 5.74) is 2.02. The van der Waals surface area contributed by atoms with Gasteiger partial charge in [-0.1, -0.05) is 38.5 Å². The number of halogens is 1. The van der Waals surface area contributed by atoms with Crippen LogP contribution >= 0.6 is 24.0 Å². The minimum atomic E-state index is -0.368. The van der Waals surface area contributed by atoms with E-state index in [-0.39, 0.29) is 35.3 Å². The van der Waals surface area contributed by atoms with Crippen molar-refractivity contribution in [1.29, 1.82) is 0 Å². The molecule has 0 aromatic heterocycles. The van der Waals surface area contributed by atoms with Crippen LogP contribution < -0.4 is 20.7 Å². The Kier molecular flexibility index (Phi) is 11.3. The number of benzene rings is 1. The fourth-order valence-electron chi connectivity index (χ4n) is 2.26. The number of carbonyl (C=O) groups excluding carboxylic acids is 1. The van der Waals surface area contributed by atoms with Crippen molar-refractivity contribution in [3.63, 3.8) is 0 Å². The highest BCUT2D eigenvalue weighted by atomic mass is 127. The molecule has 1 aromatic rings. The number of carbonyl (C=O) groups is 1. The second kappa shape index (κ2) is 12.0. The van der Waals surface area contributed by atoms with Crippen molar-refractivity contribution < 1.29 is 9.53 Å². The topological polar surface area (TPSA) is 74.8 Å². The molecule has 0 unspecified atom stereocenters. The standard InChI is InChI=1S/C19H32N4O2.HI/c1-14-7-8-16(25-6)15(13-14)9-10-22-18(20-5)23-12-11-21-17(24)19(2,3)4;/h7-8,13H,9-12H2,1-6H3,(H,21,24)(H2,20,22,23);1H. The largest absolute Gasteiger partial charge is 0.496 e. The smallest absolute Gasteiger partial charge is 0.225 e. The van der Waals surface area contributed by atoms with Crippen LogP contribution in [-0.2, 0) is 11.2 Å². The molecular weight excluding hydrogens is 443 g/mol. The first kappa shape index (κ1) is 24.5. The highest BCUT2D eigenvalue weighted by molar-refractivity contribution is 14.0. The third-order valence-electron chi connectivity index (χ3n) is 3.73. The number of aryl methyl sites for hydroxylation is 1. The third kappa shape index (κ3) is 8.73. The Hall–Kier alpha value is -1.51. The SMILES string of the molecule is CN=C(NCCNC(=O)C(C)(C)C)NCCc1cc(C)ccc1OC.I. The molecule has 0 aliphatic heterocycles. The average molecular weight is 476 g/mol. The number of nitrogens with one attached hydrogen (secondary N) is 3. The summed E-state index contributed by atoms with van der Waals surface area (Å²) in [6, 6.07) is 6.18. The van der Waals surface area contributed by atoms with Crippen LogP contribution in [0.1, 0.15) is 31.9 Å². The molecule has 0 heterocycles. The Morgan fingerprint density at radius 1 is 1.12 bits per heavy atom. The van der Waals surface area contributed by atoms with E-state index in [2.05, 4.69) is 33.9 Å². The quantitative estimate of drug-likeness (QED) is 0.245. The molecule has 0 radical (unpaired) electrons. The van der Waals surface area contributed by atoms with Crippen molar-refractivity contribution in [2.24, 2.45) is 10.4 Å². The molecule has 0 saturated heterocycles. The zero-order valence-corrected chi connectivity index (χ0v) is 19.1. The number of hydrogen-bond donors (Lipinski definition) is 3. The Balaban J connectivity index is 0.00000625. The Morgan fingerprint density at radius 2 is 1.73 bits per heavy atom. The molecule has 0 aliphatic carbocycles. The van der Waals surface area contributed by atoms with Gasteiger partial charge in [0.2, 0.25) is 5.91 Å². The van der Waals surface area contributed by atoms with Crippen LogP contribution in [0, 0.1) is 12.3 Å². The van der Waals surface area contributed by atoms with Crippen molar-refractivity contribution in [2.45, 2.75) is 34.1 Å². The van der Waals surface area contributed by atoms with E-state index in [9.17, 15) is 4.79 Å². The van der Waals surface area contributed by atoms with Crippen molar-refractivity contribution in [1.82, 2.24) is 16.0 Å². The molecule has 1 aromatic carbocycles. The van der Waals surface area contributed by atoms with Gasteiger partial charge in [0.25, 0.3) is 0 Å². The van der Waals surface area contributed by atoms with Gasteiger partial charge in [-0.05, 0) is 25.0 Å². The van der Waals surface area contributed by atoms with Crippen molar-refractivity contribution in [2.75, 3.05) is 33.8 Å². The van der Waals surface area contributed by atoms with E-state index < -0.39 is 0 Å². The van der Waals surface area contributed by atoms with E-state index in [4.69, 9.17) is 4.74 Å². The van der Waals surface area contributed by atoms with Crippen molar-refractivity contribution in [3.05, 3.63) is 29.3 Å². The maximum absolute atomic E-state index is 11.8. The minimum Gasteiger partial charge on any atom is -0.496 e. The minimum absolute atomic E-state index is 0. The van der Waals surface area contributed by atoms with Crippen molar-refractivity contribution >= 4 is 35.8 Å². The fourth-order valence-corrected chi connectivity index (χ4v) is 2.26. The molecule has 0 aliphatic rings. The summed E-state index contributed by atoms with van der Waals surface area (Å²) in [5, 5.41) is 9.38. The number of nitrogens with zero attached hydrogens (tertiary/aromatic N) is 1. The molecule has 26 heavy (non-hydrogen) atoms. The number of guanidine groups is 1. The molecule has 1 amide bonds. The highest BCUT2D eigenvalue weighted by Crippen LogP contribution is 2.19. The molecule has 0 saturated carbocycles. The van der Waals surface area contributed by atoms with Crippen LogP contribution in [0.5, 0.6) is 5.75 Å². The highest BCUT2D eigenvalue weighted by Gasteiger charge is 2.20. The number of ether oxygens (including phenoxy) is 1. The summed E-state index contributed by atoms with van der Waals surface area (Å²) < 4.78 is 5.40. The summed E-state index contributed by atoms with van der Waals surface area (Å²) in [5.74, 6) is 1.67. The van der Waals surface area contributed by atoms with Gasteiger partial charge in [0.1, 0.15) is 5.75 Å². The second-order valence-electron chi connectivity index (χ2n) is 7.00. The fraction of sp³-hybridized carbons (Fsp3) is 0.579. The van der Waals surface area contributed by atoms with Gasteiger partial charge in [0.05, 0.1) is 7.11 Å². The van der Waals surface area contributed by atoms with E-state index in [1.165, 1.54) is 11.1 Å². The Bertz CT molecular complexity index is 598. The molecule has 6 nitrogen and oxygen atoms in total. The zero-order valence-electron chi connectivity index (χ0n) is 16.7. The van der Waals surface area contributed by atoms with Crippen LogP contribution in [0.15, 0.2) is 23.2 Å². The monoisotopic (exact) mass is 476 g/mol. The lowest BCUT2D eigenvalue weighted by Gasteiger charge is -2.18. The summed E-state index contributed by atoms with van der Waals surface area (Å²) in [6.07, 6.45) is 0.840. The van der Waals surface area contributed by atoms with Crippen LogP contribution in [0.25, 0.3) is 0 Å². The van der Waals surface area contributed by atoms with Gasteiger partial charge in [-0.25, -0.2) is 0 Å². The number of hydrogen-bond acceptors (Lipinski definition) is 3. The van der Waals surface area contributed by atoms with Crippen LogP contribution in [0.4, 0.5) is 0 Å². The summed E-state index contributed by atoms with van der Waals surface area (Å²) >= 11 is 0.